The first-order valence-corrected chi connectivity index (χ1v) is 11.8. The third-order valence-electron chi connectivity index (χ3n) is 6.95. The van der Waals surface area contributed by atoms with E-state index in [0.29, 0.717) is 62.7 Å². The van der Waals surface area contributed by atoms with Gasteiger partial charge in [-0.05, 0) is 43.1 Å². The number of hydrogen-bond acceptors (Lipinski definition) is 7. The van der Waals surface area contributed by atoms with Crippen molar-refractivity contribution in [1.29, 1.82) is 0 Å². The maximum atomic E-state index is 11.5. The molecule has 2 heterocycles. The molecule has 1 aromatic rings. The van der Waals surface area contributed by atoms with Gasteiger partial charge in [-0.25, -0.2) is 4.98 Å². The van der Waals surface area contributed by atoms with Crippen LogP contribution in [0.4, 0.5) is 17.3 Å². The summed E-state index contributed by atoms with van der Waals surface area (Å²) in [7, 11) is 0. The highest BCUT2D eigenvalue weighted by molar-refractivity contribution is 5.70. The Morgan fingerprint density at radius 3 is 2.66 bits per heavy atom. The van der Waals surface area contributed by atoms with Crippen LogP contribution in [0.3, 0.4) is 0 Å². The predicted octanol–water partition coefficient (Wildman–Crippen LogP) is 4.18. The van der Waals surface area contributed by atoms with Gasteiger partial charge in [0.05, 0.1) is 23.6 Å². The molecular weight excluding hydrogens is 412 g/mol. The molecule has 0 aromatic carbocycles. The third-order valence-corrected chi connectivity index (χ3v) is 6.95. The van der Waals surface area contributed by atoms with Crippen molar-refractivity contribution in [3.63, 3.8) is 0 Å². The Balaban J connectivity index is 1.59. The first-order valence-electron chi connectivity index (χ1n) is 11.8. The lowest BCUT2D eigenvalue weighted by Gasteiger charge is -2.39. The zero-order valence-corrected chi connectivity index (χ0v) is 19.3. The molecule has 0 spiro atoms. The number of nitro groups is 1. The maximum Gasteiger partial charge on any atom is 0.311 e. The standard InChI is InChI=1S/C23H36N4O5/c1-15(2)21-16(3)5-4-6-19(21)32-14-11-24-22-18(27(30)31)7-8-20(25-22)26-12-9-17(10-13-26)23(28)29/h7-8,15-17,19,21H,4-6,9-14H2,1-3H3,(H,24,25)(H,28,29). The summed E-state index contributed by atoms with van der Waals surface area (Å²) in [5, 5.41) is 23.8. The lowest BCUT2D eigenvalue weighted by molar-refractivity contribution is -0.384. The molecule has 1 saturated carbocycles. The van der Waals surface area contributed by atoms with Crippen LogP contribution in [0.15, 0.2) is 12.1 Å². The quantitative estimate of drug-likeness (QED) is 0.328. The number of aliphatic carboxylic acids is 1. The smallest absolute Gasteiger partial charge is 0.311 e. The Labute approximate surface area is 189 Å². The molecule has 0 amide bonds. The second-order valence-corrected chi connectivity index (χ2v) is 9.46. The molecule has 9 nitrogen and oxygen atoms in total. The van der Waals surface area contributed by atoms with Crippen molar-refractivity contribution in [3.8, 4) is 0 Å². The minimum Gasteiger partial charge on any atom is -0.481 e. The van der Waals surface area contributed by atoms with Gasteiger partial charge in [-0.15, -0.1) is 0 Å². The van der Waals surface area contributed by atoms with E-state index in [-0.39, 0.29) is 23.5 Å². The minimum absolute atomic E-state index is 0.0690. The van der Waals surface area contributed by atoms with Crippen LogP contribution in [0.1, 0.15) is 52.9 Å². The highest BCUT2D eigenvalue weighted by Gasteiger charge is 2.33. The summed E-state index contributed by atoms with van der Waals surface area (Å²) < 4.78 is 6.20. The summed E-state index contributed by atoms with van der Waals surface area (Å²) in [6.45, 7) is 8.85. The van der Waals surface area contributed by atoms with Crippen molar-refractivity contribution in [2.45, 2.75) is 59.0 Å². The molecule has 9 heteroatoms. The fourth-order valence-electron chi connectivity index (χ4n) is 5.30. The van der Waals surface area contributed by atoms with Crippen molar-refractivity contribution in [2.24, 2.45) is 23.7 Å². The van der Waals surface area contributed by atoms with Crippen LogP contribution in [0.25, 0.3) is 0 Å². The molecule has 1 aliphatic heterocycles. The number of nitrogens with one attached hydrogen (secondary N) is 1. The Morgan fingerprint density at radius 1 is 1.31 bits per heavy atom. The van der Waals surface area contributed by atoms with E-state index in [1.54, 1.807) is 6.07 Å². The fraction of sp³-hybridized carbons (Fsp3) is 0.739. The number of carbonyl (C=O) groups is 1. The Bertz CT molecular complexity index is 795. The van der Waals surface area contributed by atoms with E-state index in [1.807, 2.05) is 4.90 Å². The van der Waals surface area contributed by atoms with Gasteiger partial charge in [-0.1, -0.05) is 33.6 Å². The number of pyridine rings is 1. The summed E-state index contributed by atoms with van der Waals surface area (Å²) in [5.41, 5.74) is -0.0690. The van der Waals surface area contributed by atoms with Crippen molar-refractivity contribution < 1.29 is 19.6 Å². The van der Waals surface area contributed by atoms with Gasteiger partial charge in [-0.3, -0.25) is 14.9 Å². The van der Waals surface area contributed by atoms with E-state index in [0.717, 1.165) is 6.42 Å². The van der Waals surface area contributed by atoms with Gasteiger partial charge in [-0.2, -0.15) is 0 Å². The monoisotopic (exact) mass is 448 g/mol. The molecule has 178 valence electrons. The van der Waals surface area contributed by atoms with Crippen LogP contribution >= 0.6 is 0 Å². The van der Waals surface area contributed by atoms with Crippen LogP contribution in [0, 0.1) is 33.8 Å². The molecule has 0 radical (unpaired) electrons. The normalized spacial score (nSPS) is 24.5. The molecule has 3 rings (SSSR count). The molecule has 32 heavy (non-hydrogen) atoms. The second-order valence-electron chi connectivity index (χ2n) is 9.46. The van der Waals surface area contributed by atoms with Crippen LogP contribution in [0.5, 0.6) is 0 Å². The minimum atomic E-state index is -0.768. The summed E-state index contributed by atoms with van der Waals surface area (Å²) in [4.78, 5) is 28.7. The lowest BCUT2D eigenvalue weighted by Crippen LogP contribution is -2.37. The highest BCUT2D eigenvalue weighted by Crippen LogP contribution is 2.36. The predicted molar refractivity (Wildman–Crippen MR) is 123 cm³/mol. The lowest BCUT2D eigenvalue weighted by atomic mass is 9.72. The van der Waals surface area contributed by atoms with Crippen molar-refractivity contribution in [3.05, 3.63) is 22.2 Å². The van der Waals surface area contributed by atoms with Crippen molar-refractivity contribution in [1.82, 2.24) is 4.98 Å². The van der Waals surface area contributed by atoms with Crippen molar-refractivity contribution in [2.75, 3.05) is 36.5 Å². The van der Waals surface area contributed by atoms with Crippen LogP contribution in [0.2, 0.25) is 0 Å². The topological polar surface area (TPSA) is 118 Å². The first-order chi connectivity index (χ1) is 15.3. The number of rotatable bonds is 9. The van der Waals surface area contributed by atoms with Crippen LogP contribution in [-0.2, 0) is 9.53 Å². The van der Waals surface area contributed by atoms with Gasteiger partial charge in [0.25, 0.3) is 0 Å². The summed E-state index contributed by atoms with van der Waals surface area (Å²) in [6, 6.07) is 3.10. The van der Waals surface area contributed by atoms with E-state index in [1.165, 1.54) is 18.9 Å². The van der Waals surface area contributed by atoms with E-state index < -0.39 is 10.9 Å². The molecule has 3 unspecified atom stereocenters. The third kappa shape index (κ3) is 5.88. The molecule has 1 aromatic heterocycles. The Kier molecular flexibility index (Phi) is 8.28. The zero-order valence-electron chi connectivity index (χ0n) is 19.3. The number of carboxylic acid groups (broad SMARTS) is 1. The van der Waals surface area contributed by atoms with E-state index in [2.05, 4.69) is 31.1 Å². The van der Waals surface area contributed by atoms with Gasteiger partial charge in [0, 0.05) is 25.7 Å². The van der Waals surface area contributed by atoms with Gasteiger partial charge in [0.1, 0.15) is 5.82 Å². The number of anilines is 2. The fourth-order valence-corrected chi connectivity index (χ4v) is 5.30. The van der Waals surface area contributed by atoms with Gasteiger partial charge in [0.2, 0.25) is 5.82 Å². The molecule has 2 N–H and O–H groups in total. The largest absolute Gasteiger partial charge is 0.481 e. The average molecular weight is 449 g/mol. The van der Waals surface area contributed by atoms with Crippen LogP contribution in [-0.4, -0.2) is 53.3 Å². The number of aromatic nitrogens is 1. The van der Waals surface area contributed by atoms with E-state index in [9.17, 15) is 20.0 Å². The van der Waals surface area contributed by atoms with Gasteiger partial charge >= 0.3 is 11.7 Å². The van der Waals surface area contributed by atoms with Gasteiger partial charge < -0.3 is 20.1 Å². The second kappa shape index (κ2) is 10.9. The van der Waals surface area contributed by atoms with E-state index >= 15 is 0 Å². The number of nitrogens with zero attached hydrogens (tertiary/aromatic N) is 3. The molecule has 1 aliphatic carbocycles. The molecule has 2 aliphatic rings. The van der Waals surface area contributed by atoms with Crippen LogP contribution < -0.4 is 10.2 Å². The number of piperidine rings is 1. The molecule has 1 saturated heterocycles. The molecule has 0 bridgehead atoms. The SMILES string of the molecule is CC(C)C1C(C)CCCC1OCCNc1nc(N2CCC(C(=O)O)CC2)ccc1[N+](=O)[O-]. The van der Waals surface area contributed by atoms with Crippen molar-refractivity contribution >= 4 is 23.3 Å². The zero-order chi connectivity index (χ0) is 23.3. The number of ether oxygens (including phenoxy) is 1. The summed E-state index contributed by atoms with van der Waals surface area (Å²) >= 11 is 0. The summed E-state index contributed by atoms with van der Waals surface area (Å²) in [5.74, 6) is 1.50. The van der Waals surface area contributed by atoms with Gasteiger partial charge in [0.15, 0.2) is 0 Å². The Morgan fingerprint density at radius 2 is 2.03 bits per heavy atom. The average Bonchev–Trinajstić information content (AvgIpc) is 2.76. The molecule has 2 fully saturated rings. The number of carboxylic acids is 1. The van der Waals surface area contributed by atoms with E-state index in [4.69, 9.17) is 4.74 Å². The first kappa shape index (κ1) is 24.2. The Hall–Kier alpha value is -2.42. The molecule has 3 atom stereocenters. The summed E-state index contributed by atoms with van der Waals surface area (Å²) in [6.07, 6.45) is 4.80. The highest BCUT2D eigenvalue weighted by atomic mass is 16.6. The maximum absolute atomic E-state index is 11.5. The molecular formula is C23H36N4O5. The number of hydrogen-bond donors (Lipinski definition) is 2.